The number of nitrogens with one attached hydrogen (secondary N) is 3. The number of aromatic hydroxyl groups is 1. The minimum atomic E-state index is -0.836. The van der Waals surface area contributed by atoms with Gasteiger partial charge in [0.05, 0.1) is 0 Å². The average Bonchev–Trinajstić information content (AvgIpc) is 2.64. The molecular formula is C20H17N3O4. The molecule has 3 aromatic rings. The molecule has 0 aliphatic heterocycles. The van der Waals surface area contributed by atoms with Gasteiger partial charge in [-0.3, -0.25) is 14.4 Å². The number of anilines is 3. The number of benzene rings is 3. The van der Waals surface area contributed by atoms with Crippen LogP contribution in [-0.4, -0.2) is 22.8 Å². The maximum atomic E-state index is 12.2. The molecule has 0 spiro atoms. The summed E-state index contributed by atoms with van der Waals surface area (Å²) in [5, 5.41) is 18.7. The van der Waals surface area contributed by atoms with E-state index in [0.29, 0.717) is 27.8 Å². The van der Waals surface area contributed by atoms with Crippen LogP contribution in [0.5, 0.6) is 5.75 Å². The summed E-state index contributed by atoms with van der Waals surface area (Å²) < 4.78 is 0. The first-order chi connectivity index (χ1) is 12.9. The molecule has 0 unspecified atom stereocenters. The van der Waals surface area contributed by atoms with Crippen molar-refractivity contribution in [2.45, 2.75) is 6.92 Å². The zero-order chi connectivity index (χ0) is 19.4. The van der Waals surface area contributed by atoms with E-state index in [4.69, 9.17) is 0 Å². The molecule has 4 N–H and O–H groups in total. The smallest absolute Gasteiger partial charge is 0.314 e. The molecule has 27 heavy (non-hydrogen) atoms. The summed E-state index contributed by atoms with van der Waals surface area (Å²) in [5.74, 6) is -1.78. The van der Waals surface area contributed by atoms with E-state index in [0.717, 1.165) is 0 Å². The minimum absolute atomic E-state index is 0.0901. The molecule has 7 heteroatoms. The summed E-state index contributed by atoms with van der Waals surface area (Å²) in [6, 6.07) is 16.4. The number of rotatable bonds is 3. The largest absolute Gasteiger partial charge is 0.507 e. The molecule has 0 bridgehead atoms. The molecule has 0 aliphatic carbocycles. The Balaban J connectivity index is 1.70. The lowest BCUT2D eigenvalue weighted by Gasteiger charge is -2.10. The Kier molecular flexibility index (Phi) is 5.03. The molecule has 3 amide bonds. The molecule has 0 heterocycles. The lowest BCUT2D eigenvalue weighted by atomic mass is 10.1. The lowest BCUT2D eigenvalue weighted by Crippen LogP contribution is -2.29. The summed E-state index contributed by atoms with van der Waals surface area (Å²) in [7, 11) is 0. The van der Waals surface area contributed by atoms with E-state index in [-0.39, 0.29) is 11.7 Å². The van der Waals surface area contributed by atoms with Gasteiger partial charge in [0.25, 0.3) is 0 Å². The van der Waals surface area contributed by atoms with Gasteiger partial charge in [0, 0.05) is 34.8 Å². The van der Waals surface area contributed by atoms with Crippen LogP contribution in [0.4, 0.5) is 17.1 Å². The van der Waals surface area contributed by atoms with Crippen molar-refractivity contribution in [3.05, 3.63) is 60.7 Å². The monoisotopic (exact) mass is 363 g/mol. The lowest BCUT2D eigenvalue weighted by molar-refractivity contribution is -0.132. The van der Waals surface area contributed by atoms with Crippen LogP contribution in [0.25, 0.3) is 10.8 Å². The van der Waals surface area contributed by atoms with Crippen LogP contribution in [0.1, 0.15) is 6.92 Å². The van der Waals surface area contributed by atoms with Crippen molar-refractivity contribution in [3.8, 4) is 5.75 Å². The zero-order valence-corrected chi connectivity index (χ0v) is 14.4. The fraction of sp³-hybridized carbons (Fsp3) is 0.0500. The third kappa shape index (κ3) is 4.21. The van der Waals surface area contributed by atoms with Crippen molar-refractivity contribution in [2.75, 3.05) is 16.0 Å². The first kappa shape index (κ1) is 17.9. The summed E-state index contributed by atoms with van der Waals surface area (Å²) >= 11 is 0. The topological polar surface area (TPSA) is 108 Å². The zero-order valence-electron chi connectivity index (χ0n) is 14.4. The predicted octanol–water partition coefficient (Wildman–Crippen LogP) is 3.08. The predicted molar refractivity (Wildman–Crippen MR) is 104 cm³/mol. The number of hydrogen-bond donors (Lipinski definition) is 4. The average molecular weight is 363 g/mol. The fourth-order valence-corrected chi connectivity index (χ4v) is 2.61. The second-order valence-corrected chi connectivity index (χ2v) is 5.84. The normalized spacial score (nSPS) is 10.3. The number of carbonyl (C=O) groups excluding carboxylic acids is 3. The van der Waals surface area contributed by atoms with Crippen LogP contribution in [0.2, 0.25) is 0 Å². The third-order valence-corrected chi connectivity index (χ3v) is 3.82. The van der Waals surface area contributed by atoms with Crippen LogP contribution in [-0.2, 0) is 14.4 Å². The van der Waals surface area contributed by atoms with Gasteiger partial charge in [-0.1, -0.05) is 24.3 Å². The molecular weight excluding hydrogens is 346 g/mol. The highest BCUT2D eigenvalue weighted by Crippen LogP contribution is 2.29. The summed E-state index contributed by atoms with van der Waals surface area (Å²) in [4.78, 5) is 35.4. The van der Waals surface area contributed by atoms with Gasteiger partial charge < -0.3 is 21.1 Å². The molecule has 3 rings (SSSR count). The quantitative estimate of drug-likeness (QED) is 0.536. The molecule has 0 saturated heterocycles. The minimum Gasteiger partial charge on any atom is -0.507 e. The van der Waals surface area contributed by atoms with E-state index < -0.39 is 11.8 Å². The molecule has 0 fully saturated rings. The van der Waals surface area contributed by atoms with Crippen molar-refractivity contribution in [3.63, 3.8) is 0 Å². The molecule has 0 saturated carbocycles. The van der Waals surface area contributed by atoms with Gasteiger partial charge in [0.15, 0.2) is 0 Å². The molecule has 0 aromatic heterocycles. The SMILES string of the molecule is CC(=O)Nc1ccc(NC(=O)C(=O)Nc2cccc3c(O)cccc23)cc1. The Hall–Kier alpha value is -3.87. The van der Waals surface area contributed by atoms with Crippen LogP contribution in [0, 0.1) is 0 Å². The van der Waals surface area contributed by atoms with Crippen LogP contribution < -0.4 is 16.0 Å². The van der Waals surface area contributed by atoms with E-state index in [1.54, 1.807) is 60.7 Å². The Morgan fingerprint density at radius 1 is 0.704 bits per heavy atom. The highest BCUT2D eigenvalue weighted by Gasteiger charge is 2.15. The van der Waals surface area contributed by atoms with Crippen molar-refractivity contribution in [2.24, 2.45) is 0 Å². The molecule has 136 valence electrons. The number of carbonyl (C=O) groups is 3. The Labute approximate surface area is 155 Å². The summed E-state index contributed by atoms with van der Waals surface area (Å²) in [6.07, 6.45) is 0. The maximum absolute atomic E-state index is 12.2. The van der Waals surface area contributed by atoms with E-state index in [2.05, 4.69) is 16.0 Å². The molecule has 3 aromatic carbocycles. The van der Waals surface area contributed by atoms with Crippen molar-refractivity contribution >= 4 is 45.6 Å². The first-order valence-corrected chi connectivity index (χ1v) is 8.15. The number of hydrogen-bond acceptors (Lipinski definition) is 4. The highest BCUT2D eigenvalue weighted by molar-refractivity contribution is 6.44. The van der Waals surface area contributed by atoms with E-state index in [1.807, 2.05) is 0 Å². The van der Waals surface area contributed by atoms with Gasteiger partial charge in [0.2, 0.25) is 5.91 Å². The number of amides is 3. The highest BCUT2D eigenvalue weighted by atomic mass is 16.3. The van der Waals surface area contributed by atoms with Crippen LogP contribution in [0.15, 0.2) is 60.7 Å². The van der Waals surface area contributed by atoms with Gasteiger partial charge in [-0.15, -0.1) is 0 Å². The van der Waals surface area contributed by atoms with Crippen molar-refractivity contribution in [1.29, 1.82) is 0 Å². The summed E-state index contributed by atoms with van der Waals surface area (Å²) in [6.45, 7) is 1.40. The number of fused-ring (bicyclic) bond motifs is 1. The van der Waals surface area contributed by atoms with Gasteiger partial charge in [0.1, 0.15) is 5.75 Å². The van der Waals surface area contributed by atoms with Gasteiger partial charge >= 0.3 is 11.8 Å². The molecule has 0 radical (unpaired) electrons. The van der Waals surface area contributed by atoms with Gasteiger partial charge in [-0.05, 0) is 36.4 Å². The van der Waals surface area contributed by atoms with Crippen molar-refractivity contribution in [1.82, 2.24) is 0 Å². The summed E-state index contributed by atoms with van der Waals surface area (Å²) in [5.41, 5.74) is 1.42. The Morgan fingerprint density at radius 3 is 1.93 bits per heavy atom. The first-order valence-electron chi connectivity index (χ1n) is 8.15. The van der Waals surface area contributed by atoms with Gasteiger partial charge in [-0.2, -0.15) is 0 Å². The third-order valence-electron chi connectivity index (χ3n) is 3.82. The second-order valence-electron chi connectivity index (χ2n) is 5.84. The molecule has 0 aliphatic rings. The molecule has 0 atom stereocenters. The standard InChI is InChI=1S/C20H17N3O4/c1-12(24)21-13-8-10-14(11-9-13)22-19(26)20(27)23-17-6-2-5-16-15(17)4-3-7-18(16)25/h2-11,25H,1H3,(H,21,24)(H,22,26)(H,23,27). The maximum Gasteiger partial charge on any atom is 0.314 e. The number of phenolic OH excluding ortho intramolecular Hbond substituents is 1. The Morgan fingerprint density at radius 2 is 1.26 bits per heavy atom. The van der Waals surface area contributed by atoms with Crippen LogP contribution >= 0.6 is 0 Å². The Bertz CT molecular complexity index is 1030. The number of phenols is 1. The molecule has 7 nitrogen and oxygen atoms in total. The van der Waals surface area contributed by atoms with Gasteiger partial charge in [-0.25, -0.2) is 0 Å². The van der Waals surface area contributed by atoms with E-state index in [1.165, 1.54) is 6.92 Å². The van der Waals surface area contributed by atoms with E-state index in [9.17, 15) is 19.5 Å². The second kappa shape index (κ2) is 7.57. The van der Waals surface area contributed by atoms with E-state index >= 15 is 0 Å². The fourth-order valence-electron chi connectivity index (χ4n) is 2.61. The van der Waals surface area contributed by atoms with Crippen LogP contribution in [0.3, 0.4) is 0 Å². The van der Waals surface area contributed by atoms with Crippen molar-refractivity contribution < 1.29 is 19.5 Å².